The standard InChI is InChI=1S/C22H29N3O6S/c1-5-31-22(27)19-14(2)23-15(3)20(19)32(28,29)25-12-8-9-16(13-25)21(26)24-17-10-6-7-11-18(17)30-4/h6-7,10-11,16,23H,5,8-9,12-13H2,1-4H3,(H,24,26)/t16-/m1/s1. The van der Waals surface area contributed by atoms with E-state index in [2.05, 4.69) is 10.3 Å². The van der Waals surface area contributed by atoms with E-state index in [1.54, 1.807) is 45.0 Å². The maximum absolute atomic E-state index is 13.5. The number of sulfonamides is 1. The number of para-hydroxylation sites is 2. The molecule has 10 heteroatoms. The number of piperidine rings is 1. The Hall–Kier alpha value is -2.85. The van der Waals surface area contributed by atoms with Crippen molar-refractivity contribution in [3.63, 3.8) is 0 Å². The zero-order chi connectivity index (χ0) is 23.5. The van der Waals surface area contributed by atoms with E-state index in [9.17, 15) is 18.0 Å². The molecule has 2 aromatic rings. The number of benzene rings is 1. The number of aromatic nitrogens is 1. The van der Waals surface area contributed by atoms with Gasteiger partial charge < -0.3 is 19.8 Å². The van der Waals surface area contributed by atoms with E-state index in [0.29, 0.717) is 35.7 Å². The van der Waals surface area contributed by atoms with Crippen LogP contribution >= 0.6 is 0 Å². The molecule has 1 aromatic heterocycles. The van der Waals surface area contributed by atoms with Crippen LogP contribution in [0.15, 0.2) is 29.2 Å². The molecule has 0 radical (unpaired) electrons. The summed E-state index contributed by atoms with van der Waals surface area (Å²) >= 11 is 0. The quantitative estimate of drug-likeness (QED) is 0.610. The summed E-state index contributed by atoms with van der Waals surface area (Å²) in [5.41, 5.74) is 1.35. The van der Waals surface area contributed by atoms with Crippen LogP contribution in [0.25, 0.3) is 0 Å². The van der Waals surface area contributed by atoms with Crippen LogP contribution in [0, 0.1) is 19.8 Å². The second-order valence-electron chi connectivity index (χ2n) is 7.69. The van der Waals surface area contributed by atoms with Crippen LogP contribution in [0.3, 0.4) is 0 Å². The van der Waals surface area contributed by atoms with Gasteiger partial charge in [0.15, 0.2) is 0 Å². The van der Waals surface area contributed by atoms with Gasteiger partial charge in [-0.05, 0) is 45.7 Å². The van der Waals surface area contributed by atoms with Crippen LogP contribution < -0.4 is 10.1 Å². The van der Waals surface area contributed by atoms with Crippen LogP contribution in [0.2, 0.25) is 0 Å². The smallest absolute Gasteiger partial charge is 0.341 e. The van der Waals surface area contributed by atoms with E-state index < -0.39 is 21.9 Å². The molecule has 2 N–H and O–H groups in total. The normalized spacial score (nSPS) is 17.1. The summed E-state index contributed by atoms with van der Waals surface area (Å²) in [5, 5.41) is 2.84. The van der Waals surface area contributed by atoms with Gasteiger partial charge in [-0.2, -0.15) is 4.31 Å². The minimum atomic E-state index is -4.02. The Bertz CT molecular complexity index is 1110. The zero-order valence-corrected chi connectivity index (χ0v) is 19.5. The number of hydrogen-bond donors (Lipinski definition) is 2. The van der Waals surface area contributed by atoms with Crippen LogP contribution in [0.4, 0.5) is 5.69 Å². The third-order valence-corrected chi connectivity index (χ3v) is 7.55. The van der Waals surface area contributed by atoms with Gasteiger partial charge in [0.25, 0.3) is 0 Å². The van der Waals surface area contributed by atoms with Crippen molar-refractivity contribution in [2.24, 2.45) is 5.92 Å². The molecule has 0 unspecified atom stereocenters. The van der Waals surface area contributed by atoms with Crippen molar-refractivity contribution in [1.29, 1.82) is 0 Å². The number of aromatic amines is 1. The molecule has 1 saturated heterocycles. The van der Waals surface area contributed by atoms with E-state index in [1.165, 1.54) is 11.4 Å². The maximum Gasteiger partial charge on any atom is 0.341 e. The third-order valence-electron chi connectivity index (χ3n) is 5.51. The average molecular weight is 464 g/mol. The number of nitrogens with zero attached hydrogens (tertiary/aromatic N) is 1. The Kier molecular flexibility index (Phi) is 7.25. The average Bonchev–Trinajstić information content (AvgIpc) is 3.08. The summed E-state index contributed by atoms with van der Waals surface area (Å²) in [7, 11) is -2.51. The Morgan fingerprint density at radius 2 is 1.94 bits per heavy atom. The largest absolute Gasteiger partial charge is 0.495 e. The van der Waals surface area contributed by atoms with E-state index in [1.807, 2.05) is 0 Å². The molecule has 0 bridgehead atoms. The SMILES string of the molecule is CCOC(=O)c1c(C)[nH]c(C)c1S(=O)(=O)N1CCC[C@@H](C(=O)Nc2ccccc2OC)C1. The first-order valence-corrected chi connectivity index (χ1v) is 11.9. The lowest BCUT2D eigenvalue weighted by atomic mass is 9.98. The minimum absolute atomic E-state index is 0.0185. The van der Waals surface area contributed by atoms with E-state index in [-0.39, 0.29) is 36.1 Å². The lowest BCUT2D eigenvalue weighted by Crippen LogP contribution is -2.44. The maximum atomic E-state index is 13.5. The highest BCUT2D eigenvalue weighted by molar-refractivity contribution is 7.89. The number of aryl methyl sites for hydroxylation is 2. The van der Waals surface area contributed by atoms with Gasteiger partial charge in [0.2, 0.25) is 15.9 Å². The van der Waals surface area contributed by atoms with Gasteiger partial charge in [-0.25, -0.2) is 13.2 Å². The Morgan fingerprint density at radius 1 is 1.22 bits per heavy atom. The van der Waals surface area contributed by atoms with Gasteiger partial charge in [0, 0.05) is 24.5 Å². The molecule has 2 heterocycles. The number of anilines is 1. The van der Waals surface area contributed by atoms with Crippen molar-refractivity contribution >= 4 is 27.6 Å². The first-order chi connectivity index (χ1) is 15.2. The molecule has 3 rings (SSSR count). The number of carbonyl (C=O) groups excluding carboxylic acids is 2. The molecule has 0 spiro atoms. The molecule has 1 amide bonds. The highest BCUT2D eigenvalue weighted by Crippen LogP contribution is 2.31. The lowest BCUT2D eigenvalue weighted by Gasteiger charge is -2.31. The summed E-state index contributed by atoms with van der Waals surface area (Å²) in [6.45, 7) is 5.34. The molecule has 32 heavy (non-hydrogen) atoms. The molecule has 1 aromatic carbocycles. The molecule has 1 aliphatic heterocycles. The summed E-state index contributed by atoms with van der Waals surface area (Å²) < 4.78 is 38.7. The number of H-pyrrole nitrogens is 1. The number of nitrogens with one attached hydrogen (secondary N) is 2. The summed E-state index contributed by atoms with van der Waals surface area (Å²) in [6.07, 6.45) is 1.09. The fourth-order valence-electron chi connectivity index (χ4n) is 4.02. The number of ether oxygens (including phenoxy) is 2. The van der Waals surface area contributed by atoms with Crippen molar-refractivity contribution in [2.45, 2.75) is 38.5 Å². The summed E-state index contributed by atoms with van der Waals surface area (Å²) in [6, 6.07) is 7.04. The van der Waals surface area contributed by atoms with Crippen LogP contribution in [0.1, 0.15) is 41.5 Å². The number of amides is 1. The van der Waals surface area contributed by atoms with Crippen LogP contribution in [0.5, 0.6) is 5.75 Å². The van der Waals surface area contributed by atoms with Gasteiger partial charge >= 0.3 is 5.97 Å². The first-order valence-electron chi connectivity index (χ1n) is 10.5. The molecule has 9 nitrogen and oxygen atoms in total. The monoisotopic (exact) mass is 463 g/mol. The third kappa shape index (κ3) is 4.66. The predicted molar refractivity (Wildman–Crippen MR) is 119 cm³/mol. The first kappa shape index (κ1) is 23.8. The Morgan fingerprint density at radius 3 is 2.62 bits per heavy atom. The minimum Gasteiger partial charge on any atom is -0.495 e. The molecular weight excluding hydrogens is 434 g/mol. The second kappa shape index (κ2) is 9.74. The molecule has 0 aliphatic carbocycles. The summed E-state index contributed by atoms with van der Waals surface area (Å²) in [4.78, 5) is 28.2. The number of esters is 1. The Balaban J connectivity index is 1.85. The second-order valence-corrected chi connectivity index (χ2v) is 9.57. The molecular formula is C22H29N3O6S. The molecule has 1 fully saturated rings. The number of hydrogen-bond acceptors (Lipinski definition) is 6. The summed E-state index contributed by atoms with van der Waals surface area (Å²) in [5.74, 6) is -0.967. The Labute approximate surface area is 188 Å². The van der Waals surface area contributed by atoms with Gasteiger partial charge in [0.05, 0.1) is 25.3 Å². The zero-order valence-electron chi connectivity index (χ0n) is 18.7. The highest BCUT2D eigenvalue weighted by Gasteiger charge is 2.38. The van der Waals surface area contributed by atoms with Crippen LogP contribution in [-0.4, -0.2) is 56.4 Å². The van der Waals surface area contributed by atoms with Crippen molar-refractivity contribution in [2.75, 3.05) is 32.1 Å². The fourth-order valence-corrected chi connectivity index (χ4v) is 5.95. The number of rotatable bonds is 7. The van der Waals surface area contributed by atoms with E-state index in [4.69, 9.17) is 9.47 Å². The van der Waals surface area contributed by atoms with Crippen molar-refractivity contribution in [3.8, 4) is 5.75 Å². The van der Waals surface area contributed by atoms with Crippen LogP contribution in [-0.2, 0) is 19.6 Å². The predicted octanol–water partition coefficient (Wildman–Crippen LogP) is 2.86. The van der Waals surface area contributed by atoms with Crippen molar-refractivity contribution in [1.82, 2.24) is 9.29 Å². The molecule has 1 atom stereocenters. The lowest BCUT2D eigenvalue weighted by molar-refractivity contribution is -0.120. The van der Waals surface area contributed by atoms with Gasteiger partial charge in [-0.15, -0.1) is 0 Å². The van der Waals surface area contributed by atoms with Crippen molar-refractivity contribution < 1.29 is 27.5 Å². The van der Waals surface area contributed by atoms with Gasteiger partial charge in [-0.3, -0.25) is 4.79 Å². The molecule has 1 aliphatic rings. The van der Waals surface area contributed by atoms with E-state index in [0.717, 1.165) is 0 Å². The molecule has 174 valence electrons. The number of methoxy groups -OCH3 is 1. The van der Waals surface area contributed by atoms with E-state index >= 15 is 0 Å². The van der Waals surface area contributed by atoms with Gasteiger partial charge in [-0.1, -0.05) is 12.1 Å². The van der Waals surface area contributed by atoms with Crippen molar-refractivity contribution in [3.05, 3.63) is 41.2 Å². The molecule has 0 saturated carbocycles. The topological polar surface area (TPSA) is 118 Å². The number of carbonyl (C=O) groups is 2. The van der Waals surface area contributed by atoms with Gasteiger partial charge in [0.1, 0.15) is 16.2 Å². The fraction of sp³-hybridized carbons (Fsp3) is 0.455. The highest BCUT2D eigenvalue weighted by atomic mass is 32.2.